The predicted octanol–water partition coefficient (Wildman–Crippen LogP) is 4.24. The lowest BCUT2D eigenvalue weighted by atomic mass is 9.99. The molecule has 0 amide bonds. The van der Waals surface area contributed by atoms with Crippen LogP contribution in [0.2, 0.25) is 0 Å². The van der Waals surface area contributed by atoms with E-state index in [9.17, 15) is 5.11 Å². The maximum atomic E-state index is 10.4. The standard InChI is InChI=1S/C28H42N2O4/c1-5-23-6-9-26(10-7-23)34-21-25(31)20-29(3)19-24-8-11-27(28(18-24)32-4)33-17-16-30-14-12-22(2)13-15-30/h6-11,18,22,25,31H,5,12-17,19-21H2,1-4H3. The lowest BCUT2D eigenvalue weighted by molar-refractivity contribution is 0.0743. The molecule has 2 aromatic rings. The predicted molar refractivity (Wildman–Crippen MR) is 137 cm³/mol. The number of nitrogens with zero attached hydrogens (tertiary/aromatic N) is 2. The van der Waals surface area contributed by atoms with E-state index in [-0.39, 0.29) is 6.61 Å². The van der Waals surface area contributed by atoms with Gasteiger partial charge in [-0.3, -0.25) is 9.80 Å². The summed E-state index contributed by atoms with van der Waals surface area (Å²) in [5.41, 5.74) is 2.39. The summed E-state index contributed by atoms with van der Waals surface area (Å²) in [6.45, 7) is 9.88. The Bertz CT molecular complexity index is 850. The van der Waals surface area contributed by atoms with Crippen LogP contribution in [0, 0.1) is 5.92 Å². The fraction of sp³-hybridized carbons (Fsp3) is 0.571. The number of hydrogen-bond acceptors (Lipinski definition) is 6. The van der Waals surface area contributed by atoms with Crippen molar-refractivity contribution >= 4 is 0 Å². The van der Waals surface area contributed by atoms with Crippen LogP contribution in [-0.4, -0.2) is 74.6 Å². The third-order valence-electron chi connectivity index (χ3n) is 6.52. The van der Waals surface area contributed by atoms with Crippen LogP contribution in [0.1, 0.15) is 37.8 Å². The van der Waals surface area contributed by atoms with Crippen LogP contribution in [0.3, 0.4) is 0 Å². The van der Waals surface area contributed by atoms with Gasteiger partial charge in [-0.25, -0.2) is 0 Å². The fourth-order valence-corrected chi connectivity index (χ4v) is 4.30. The Hall–Kier alpha value is -2.28. The first-order valence-electron chi connectivity index (χ1n) is 12.6. The number of methoxy groups -OCH3 is 1. The highest BCUT2D eigenvalue weighted by atomic mass is 16.5. The number of aliphatic hydroxyl groups excluding tert-OH is 1. The average Bonchev–Trinajstić information content (AvgIpc) is 2.85. The SMILES string of the molecule is CCc1ccc(OCC(O)CN(C)Cc2ccc(OCCN3CCC(C)CC3)c(OC)c2)cc1. The number of piperidine rings is 1. The van der Waals surface area contributed by atoms with Crippen molar-refractivity contribution in [1.29, 1.82) is 0 Å². The van der Waals surface area contributed by atoms with E-state index in [0.29, 0.717) is 19.7 Å². The molecule has 1 aliphatic heterocycles. The van der Waals surface area contributed by atoms with E-state index in [2.05, 4.69) is 41.8 Å². The van der Waals surface area contributed by atoms with Crippen molar-refractivity contribution in [3.8, 4) is 17.2 Å². The van der Waals surface area contributed by atoms with Gasteiger partial charge in [0.1, 0.15) is 25.1 Å². The molecule has 2 aromatic carbocycles. The first-order valence-corrected chi connectivity index (χ1v) is 12.6. The Labute approximate surface area is 205 Å². The van der Waals surface area contributed by atoms with Gasteiger partial charge in [-0.15, -0.1) is 0 Å². The highest BCUT2D eigenvalue weighted by Crippen LogP contribution is 2.28. The molecule has 0 spiro atoms. The maximum Gasteiger partial charge on any atom is 0.161 e. The molecule has 6 heteroatoms. The van der Waals surface area contributed by atoms with Crippen molar-refractivity contribution in [1.82, 2.24) is 9.80 Å². The van der Waals surface area contributed by atoms with Crippen LogP contribution < -0.4 is 14.2 Å². The number of aliphatic hydroxyl groups is 1. The molecule has 1 atom stereocenters. The molecule has 0 bridgehead atoms. The molecule has 1 unspecified atom stereocenters. The average molecular weight is 471 g/mol. The van der Waals surface area contributed by atoms with Gasteiger partial charge in [0, 0.05) is 19.6 Å². The Balaban J connectivity index is 1.42. The number of aryl methyl sites for hydroxylation is 1. The first-order chi connectivity index (χ1) is 16.5. The van der Waals surface area contributed by atoms with Gasteiger partial charge in [-0.1, -0.05) is 32.0 Å². The summed E-state index contributed by atoms with van der Waals surface area (Å²) < 4.78 is 17.4. The lowest BCUT2D eigenvalue weighted by Gasteiger charge is -2.30. The molecule has 1 saturated heterocycles. The third kappa shape index (κ3) is 8.49. The Kier molecular flexibility index (Phi) is 10.5. The topological polar surface area (TPSA) is 54.4 Å². The minimum absolute atomic E-state index is 0.266. The second-order valence-corrected chi connectivity index (χ2v) is 9.52. The highest BCUT2D eigenvalue weighted by molar-refractivity contribution is 5.43. The van der Waals surface area contributed by atoms with Gasteiger partial charge < -0.3 is 19.3 Å². The van der Waals surface area contributed by atoms with E-state index in [1.807, 2.05) is 31.3 Å². The van der Waals surface area contributed by atoms with E-state index in [4.69, 9.17) is 14.2 Å². The Morgan fingerprint density at radius 2 is 1.74 bits per heavy atom. The molecule has 0 aliphatic carbocycles. The minimum Gasteiger partial charge on any atom is -0.493 e. The number of ether oxygens (including phenoxy) is 3. The van der Waals surface area contributed by atoms with Crippen LogP contribution in [0.15, 0.2) is 42.5 Å². The summed E-state index contributed by atoms with van der Waals surface area (Å²) in [7, 11) is 3.67. The van der Waals surface area contributed by atoms with Gasteiger partial charge >= 0.3 is 0 Å². The Morgan fingerprint density at radius 1 is 1.03 bits per heavy atom. The summed E-state index contributed by atoms with van der Waals surface area (Å²) in [6, 6.07) is 14.1. The third-order valence-corrected chi connectivity index (χ3v) is 6.52. The molecule has 1 aliphatic rings. The van der Waals surface area contributed by atoms with Gasteiger partial charge in [0.05, 0.1) is 7.11 Å². The summed E-state index contributed by atoms with van der Waals surface area (Å²) in [5.74, 6) is 3.16. The second-order valence-electron chi connectivity index (χ2n) is 9.52. The largest absolute Gasteiger partial charge is 0.493 e. The number of likely N-dealkylation sites (tertiary alicyclic amines) is 1. The maximum absolute atomic E-state index is 10.4. The van der Waals surface area contributed by atoms with Crippen molar-refractivity contribution < 1.29 is 19.3 Å². The van der Waals surface area contributed by atoms with Crippen molar-refractivity contribution in [2.75, 3.05) is 53.6 Å². The molecule has 1 heterocycles. The normalized spacial score (nSPS) is 15.9. The summed E-state index contributed by atoms with van der Waals surface area (Å²) in [4.78, 5) is 4.56. The van der Waals surface area contributed by atoms with Crippen molar-refractivity contribution in [3.05, 3.63) is 53.6 Å². The molecule has 0 aromatic heterocycles. The van der Waals surface area contributed by atoms with Crippen molar-refractivity contribution in [3.63, 3.8) is 0 Å². The van der Waals surface area contributed by atoms with Crippen LogP contribution >= 0.6 is 0 Å². The van der Waals surface area contributed by atoms with Gasteiger partial charge in [-0.05, 0) is 80.7 Å². The quantitative estimate of drug-likeness (QED) is 0.473. The van der Waals surface area contributed by atoms with E-state index in [0.717, 1.165) is 54.8 Å². The summed E-state index contributed by atoms with van der Waals surface area (Å²) in [5, 5.41) is 10.4. The fourth-order valence-electron chi connectivity index (χ4n) is 4.30. The van der Waals surface area contributed by atoms with E-state index < -0.39 is 6.10 Å². The molecule has 0 saturated carbocycles. The molecule has 1 N–H and O–H groups in total. The molecule has 34 heavy (non-hydrogen) atoms. The summed E-state index contributed by atoms with van der Waals surface area (Å²) in [6.07, 6.45) is 2.98. The number of rotatable bonds is 13. The molecule has 0 radical (unpaired) electrons. The zero-order valence-corrected chi connectivity index (χ0v) is 21.3. The number of benzene rings is 2. The molecule has 188 valence electrons. The van der Waals surface area contributed by atoms with E-state index >= 15 is 0 Å². The summed E-state index contributed by atoms with van der Waals surface area (Å²) >= 11 is 0. The lowest BCUT2D eigenvalue weighted by Crippen LogP contribution is -2.35. The van der Waals surface area contributed by atoms with Gasteiger partial charge in [0.2, 0.25) is 0 Å². The number of hydrogen-bond donors (Lipinski definition) is 1. The monoisotopic (exact) mass is 470 g/mol. The minimum atomic E-state index is -0.571. The molecule has 6 nitrogen and oxygen atoms in total. The van der Waals surface area contributed by atoms with Crippen LogP contribution in [0.4, 0.5) is 0 Å². The van der Waals surface area contributed by atoms with Crippen LogP contribution in [0.5, 0.6) is 17.2 Å². The van der Waals surface area contributed by atoms with Crippen molar-refractivity contribution in [2.24, 2.45) is 5.92 Å². The van der Waals surface area contributed by atoms with Crippen LogP contribution in [0.25, 0.3) is 0 Å². The molecular weight excluding hydrogens is 428 g/mol. The second kappa shape index (κ2) is 13.6. The zero-order valence-electron chi connectivity index (χ0n) is 21.3. The van der Waals surface area contributed by atoms with Gasteiger partial charge in [-0.2, -0.15) is 0 Å². The molecule has 3 rings (SSSR count). The van der Waals surface area contributed by atoms with Crippen LogP contribution in [-0.2, 0) is 13.0 Å². The van der Waals surface area contributed by atoms with Crippen molar-refractivity contribution in [2.45, 2.75) is 45.8 Å². The zero-order chi connectivity index (χ0) is 24.3. The smallest absolute Gasteiger partial charge is 0.161 e. The molecular formula is C28H42N2O4. The highest BCUT2D eigenvalue weighted by Gasteiger charge is 2.16. The van der Waals surface area contributed by atoms with E-state index in [1.165, 1.54) is 18.4 Å². The van der Waals surface area contributed by atoms with Gasteiger partial charge in [0.15, 0.2) is 11.5 Å². The van der Waals surface area contributed by atoms with E-state index in [1.54, 1.807) is 7.11 Å². The van der Waals surface area contributed by atoms with Gasteiger partial charge in [0.25, 0.3) is 0 Å². The number of likely N-dealkylation sites (N-methyl/N-ethyl adjacent to an activating group) is 1. The molecule has 1 fully saturated rings. The first kappa shape index (κ1) is 26.3. The Morgan fingerprint density at radius 3 is 2.41 bits per heavy atom.